The number of nitrogens with one attached hydrogen (secondary N) is 3. The van der Waals surface area contributed by atoms with Crippen molar-refractivity contribution in [3.05, 3.63) is 148 Å². The van der Waals surface area contributed by atoms with E-state index in [9.17, 15) is 38.4 Å². The summed E-state index contributed by atoms with van der Waals surface area (Å²) in [6.45, 7) is 6.01. The molecule has 3 N–H and O–H groups in total. The molecule has 0 radical (unpaired) electrons. The van der Waals surface area contributed by atoms with E-state index >= 15 is 0 Å². The first-order chi connectivity index (χ1) is 40.3. The van der Waals surface area contributed by atoms with Crippen LogP contribution in [0.4, 0.5) is 22.7 Å². The van der Waals surface area contributed by atoms with Gasteiger partial charge in [0.05, 0.1) is 30.4 Å². The summed E-state index contributed by atoms with van der Waals surface area (Å²) in [5.41, 5.74) is 9.50. The van der Waals surface area contributed by atoms with Gasteiger partial charge in [-0.3, -0.25) is 43.3 Å². The molecule has 0 aromatic heterocycles. The van der Waals surface area contributed by atoms with Gasteiger partial charge in [0.15, 0.2) is 17.3 Å². The molecule has 20 nitrogen and oxygen atoms in total. The normalized spacial score (nSPS) is 16.9. The van der Waals surface area contributed by atoms with Crippen molar-refractivity contribution in [3.8, 4) is 17.2 Å². The van der Waals surface area contributed by atoms with Gasteiger partial charge in [0.1, 0.15) is 24.7 Å². The number of aryl methyl sites for hydroxylation is 2. The van der Waals surface area contributed by atoms with Gasteiger partial charge in [0.25, 0.3) is 23.6 Å². The molecule has 5 aliphatic rings. The highest BCUT2D eigenvalue weighted by Crippen LogP contribution is 2.42. The summed E-state index contributed by atoms with van der Waals surface area (Å²) in [6, 6.07) is 28.1. The molecule has 5 heterocycles. The summed E-state index contributed by atoms with van der Waals surface area (Å²) in [6.07, 6.45) is 7.22. The standard InChI is InChI=1S/C63H66N6O11.O3S/c1-37-24-49-42(19-20-46-29-43-12-5-8-16-52(43)68(46)62(49)76)31-55(37)79-35-40-26-41(36-80-57-33-51-50(32-56(57)78-4)63(77)69-47(34-64-51)30-44-13-6-9-17-53(44)69)28-45(27-40)66-61(75)38(2)25-54(71)39(3)65-58(72)18-10-7-14-48(70)15-11-23-67-59(73)21-22-60(67)74;1-4(2)3/h5-6,8-9,12-13,16-17,21-22,24,26-28,31-33,38-39,46-47,64H,7,10-11,14-15,18-20,23,25,29-30,34-36H2,1-4H3,(H,65,72)(H,66,75);/t38-,39+,46-,47+;/m1./s1. The van der Waals surface area contributed by atoms with Crippen LogP contribution in [0.25, 0.3) is 0 Å². The van der Waals surface area contributed by atoms with Gasteiger partial charge >= 0.3 is 10.6 Å². The molecular weight excluding hydrogens is 1100 g/mol. The summed E-state index contributed by atoms with van der Waals surface area (Å²) in [5, 5.41) is 9.21. The number of methoxy groups -OCH3 is 1. The van der Waals surface area contributed by atoms with Gasteiger partial charge in [-0.25, -0.2) is 0 Å². The van der Waals surface area contributed by atoms with E-state index in [-0.39, 0.29) is 98.6 Å². The number of nitrogens with zero attached hydrogens (tertiary/aromatic N) is 3. The molecular formula is C63H66N6O14S. The minimum atomic E-state index is -3.11. The Hall–Kier alpha value is -8.98. The maximum atomic E-state index is 14.1. The van der Waals surface area contributed by atoms with E-state index in [4.69, 9.17) is 26.8 Å². The maximum Gasteiger partial charge on any atom is 0.425 e. The topological polar surface area (TPSA) is 261 Å². The molecule has 0 bridgehead atoms. The lowest BCUT2D eigenvalue weighted by molar-refractivity contribution is -0.137. The molecule has 0 spiro atoms. The minimum absolute atomic E-state index is 0.0103. The van der Waals surface area contributed by atoms with Crippen LogP contribution in [0.3, 0.4) is 0 Å². The summed E-state index contributed by atoms with van der Waals surface area (Å²) >= 11 is 0. The average molecular weight is 1160 g/mol. The largest absolute Gasteiger partial charge is 0.493 e. The number of carbonyl (C=O) groups is 8. The smallest absolute Gasteiger partial charge is 0.425 e. The van der Waals surface area contributed by atoms with Gasteiger partial charge in [-0.1, -0.05) is 43.3 Å². The average Bonchev–Trinajstić information content (AvgIpc) is 2.68. The number of fused-ring (bicyclic) bond motifs is 8. The number of ketones is 2. The Morgan fingerprint density at radius 1 is 0.690 bits per heavy atom. The predicted molar refractivity (Wildman–Crippen MR) is 311 cm³/mol. The third kappa shape index (κ3) is 13.9. The summed E-state index contributed by atoms with van der Waals surface area (Å²) in [4.78, 5) is 109. The molecule has 0 aliphatic carbocycles. The highest BCUT2D eigenvalue weighted by atomic mass is 32.2. The monoisotopic (exact) mass is 1160 g/mol. The van der Waals surface area contributed by atoms with Crippen LogP contribution in [0.5, 0.6) is 17.2 Å². The van der Waals surface area contributed by atoms with Crippen LogP contribution in [0.2, 0.25) is 0 Å². The number of hydrogen-bond acceptors (Lipinski definition) is 15. The molecule has 0 saturated carbocycles. The van der Waals surface area contributed by atoms with Crippen LogP contribution in [0.15, 0.2) is 103 Å². The number of benzene rings is 5. The summed E-state index contributed by atoms with van der Waals surface area (Å²) in [7, 11) is -1.59. The Kier molecular flexibility index (Phi) is 18.8. The Labute approximate surface area is 487 Å². The van der Waals surface area contributed by atoms with Gasteiger partial charge in [-0.15, -0.1) is 12.6 Å². The lowest BCUT2D eigenvalue weighted by Crippen LogP contribution is -2.39. The molecule has 0 unspecified atom stereocenters. The van der Waals surface area contributed by atoms with Crippen molar-refractivity contribution < 1.29 is 65.2 Å². The van der Waals surface area contributed by atoms with Crippen LogP contribution in [0, 0.1) is 12.8 Å². The predicted octanol–water partition coefficient (Wildman–Crippen LogP) is 7.55. The molecule has 21 heteroatoms. The Balaban J connectivity index is 0.00000205. The SMILES string of the molecule is COc1cc2c(cc1OCc1cc(COc3cc4c(cc3C)C(=O)N3c5ccccc5C[C@H]3CC4)cc(NC(=O)[C@H](C)CC(=O)[C@H](C)NC(=O)CCCCC(=O)CCCN3C(=O)C=CC3=O)c1)NC[C@@H]1Cc3ccccc3N1C2=O.O=S(=O)=O. The molecule has 5 aliphatic heterocycles. The number of para-hydroxylation sites is 2. The molecule has 6 amide bonds. The number of unbranched alkanes of at least 4 members (excludes halogenated alkanes) is 1. The van der Waals surface area contributed by atoms with Crippen molar-refractivity contribution >= 4 is 80.4 Å². The third-order valence-corrected chi connectivity index (χ3v) is 15.8. The number of imide groups is 1. The van der Waals surface area contributed by atoms with Crippen LogP contribution in [-0.2, 0) is 71.9 Å². The molecule has 5 aromatic carbocycles. The zero-order valence-corrected chi connectivity index (χ0v) is 48.0. The van der Waals surface area contributed by atoms with Crippen LogP contribution < -0.4 is 40.0 Å². The zero-order chi connectivity index (χ0) is 59.8. The van der Waals surface area contributed by atoms with E-state index in [1.165, 1.54) is 24.8 Å². The van der Waals surface area contributed by atoms with E-state index in [1.54, 1.807) is 38.1 Å². The van der Waals surface area contributed by atoms with E-state index in [2.05, 4.69) is 28.1 Å². The lowest BCUT2D eigenvalue weighted by Gasteiger charge is -2.23. The fourth-order valence-corrected chi connectivity index (χ4v) is 11.5. The number of amides is 6. The molecule has 10 rings (SSSR count). The highest BCUT2D eigenvalue weighted by molar-refractivity contribution is 7.59. The minimum Gasteiger partial charge on any atom is -0.493 e. The van der Waals surface area contributed by atoms with Crippen molar-refractivity contribution in [2.45, 2.75) is 123 Å². The second kappa shape index (κ2) is 26.5. The summed E-state index contributed by atoms with van der Waals surface area (Å²) in [5.74, 6) is -1.37. The lowest BCUT2D eigenvalue weighted by atomic mass is 9.98. The van der Waals surface area contributed by atoms with E-state index in [0.717, 1.165) is 52.2 Å². The van der Waals surface area contributed by atoms with Crippen molar-refractivity contribution in [1.82, 2.24) is 10.2 Å². The molecule has 438 valence electrons. The second-order valence-electron chi connectivity index (χ2n) is 21.7. The van der Waals surface area contributed by atoms with Gasteiger partial charge in [0.2, 0.25) is 11.8 Å². The molecule has 0 saturated heterocycles. The number of anilines is 4. The van der Waals surface area contributed by atoms with Crippen molar-refractivity contribution in [1.29, 1.82) is 0 Å². The van der Waals surface area contributed by atoms with E-state index in [0.29, 0.717) is 83.1 Å². The zero-order valence-electron chi connectivity index (χ0n) is 47.2. The molecule has 0 fully saturated rings. The third-order valence-electron chi connectivity index (χ3n) is 15.8. The van der Waals surface area contributed by atoms with Gasteiger partial charge in [-0.05, 0) is 141 Å². The van der Waals surface area contributed by atoms with Gasteiger partial charge in [-0.2, -0.15) is 0 Å². The number of rotatable bonds is 22. The van der Waals surface area contributed by atoms with Crippen LogP contribution >= 0.6 is 0 Å². The Bertz CT molecular complexity index is 3580. The number of ether oxygens (including phenoxy) is 3. The van der Waals surface area contributed by atoms with Crippen LogP contribution in [0.1, 0.15) is 119 Å². The molecule has 5 aromatic rings. The van der Waals surface area contributed by atoms with Crippen molar-refractivity contribution in [2.75, 3.05) is 40.6 Å². The van der Waals surface area contributed by atoms with E-state index in [1.807, 2.05) is 71.3 Å². The molecule has 84 heavy (non-hydrogen) atoms. The first-order valence-electron chi connectivity index (χ1n) is 28.1. The second-order valence-corrected chi connectivity index (χ2v) is 22.2. The Morgan fingerprint density at radius 2 is 1.29 bits per heavy atom. The fraction of sp³-hybridized carbons (Fsp3) is 0.365. The van der Waals surface area contributed by atoms with Crippen molar-refractivity contribution in [2.24, 2.45) is 5.92 Å². The van der Waals surface area contributed by atoms with E-state index < -0.39 is 28.5 Å². The van der Waals surface area contributed by atoms with Crippen LogP contribution in [-0.4, -0.2) is 103 Å². The fourth-order valence-electron chi connectivity index (χ4n) is 11.5. The highest BCUT2D eigenvalue weighted by Gasteiger charge is 2.39. The quantitative estimate of drug-likeness (QED) is 0.0446. The first kappa shape index (κ1) is 59.6. The Morgan fingerprint density at radius 3 is 1.95 bits per heavy atom. The van der Waals surface area contributed by atoms with Crippen molar-refractivity contribution in [3.63, 3.8) is 0 Å². The number of carbonyl (C=O) groups excluding carboxylic acids is 8. The van der Waals surface area contributed by atoms with Gasteiger partial charge in [0, 0.05) is 91.6 Å². The number of hydrogen-bond donors (Lipinski definition) is 3. The summed E-state index contributed by atoms with van der Waals surface area (Å²) < 4.78 is 44.2. The van der Waals surface area contributed by atoms with Gasteiger partial charge < -0.3 is 40.0 Å². The molecule has 4 atom stereocenters. The maximum absolute atomic E-state index is 14.1. The first-order valence-corrected chi connectivity index (χ1v) is 29.1. The number of Topliss-reactive ketones (excluding diaryl/α,β-unsaturated/α-hetero) is 2.